The van der Waals surface area contributed by atoms with Gasteiger partial charge in [0.1, 0.15) is 5.92 Å². The molecule has 1 saturated heterocycles. The van der Waals surface area contributed by atoms with Gasteiger partial charge in [-0.25, -0.2) is 0 Å². The molecule has 0 spiro atoms. The molecule has 1 fully saturated rings. The third kappa shape index (κ3) is 2.52. The van der Waals surface area contributed by atoms with E-state index in [1.807, 2.05) is 37.2 Å². The minimum absolute atomic E-state index is 0.0990. The SMILES string of the molecule is C=CN1CC[C@H](C(=O)c2cccc(N(C)C)c2)C1=O. The average Bonchev–Trinajstić information content (AvgIpc) is 2.79. The van der Waals surface area contributed by atoms with Crippen LogP contribution in [0.4, 0.5) is 5.69 Å². The van der Waals surface area contributed by atoms with E-state index in [0.29, 0.717) is 18.5 Å². The topological polar surface area (TPSA) is 40.6 Å². The Labute approximate surface area is 113 Å². The predicted molar refractivity (Wildman–Crippen MR) is 75.1 cm³/mol. The number of nitrogens with zero attached hydrogens (tertiary/aromatic N) is 2. The number of Topliss-reactive ketones (excluding diaryl/α,β-unsaturated/α-hetero) is 1. The maximum Gasteiger partial charge on any atom is 0.237 e. The quantitative estimate of drug-likeness (QED) is 0.612. The molecule has 0 unspecified atom stereocenters. The molecule has 1 amide bonds. The van der Waals surface area contributed by atoms with Crippen LogP contribution in [0, 0.1) is 5.92 Å². The summed E-state index contributed by atoms with van der Waals surface area (Å²) in [7, 11) is 3.84. The first-order valence-corrected chi connectivity index (χ1v) is 6.29. The summed E-state index contributed by atoms with van der Waals surface area (Å²) in [6.07, 6.45) is 2.06. The number of hydrogen-bond donors (Lipinski definition) is 0. The zero-order valence-electron chi connectivity index (χ0n) is 11.3. The second-order valence-corrected chi connectivity index (χ2v) is 4.86. The minimum atomic E-state index is -0.560. The molecule has 0 aromatic heterocycles. The molecule has 4 nitrogen and oxygen atoms in total. The summed E-state index contributed by atoms with van der Waals surface area (Å²) in [5, 5.41) is 0. The Hall–Kier alpha value is -2.10. The van der Waals surface area contributed by atoms with Gasteiger partial charge >= 0.3 is 0 Å². The van der Waals surface area contributed by atoms with E-state index in [1.54, 1.807) is 6.07 Å². The molecule has 1 atom stereocenters. The maximum absolute atomic E-state index is 12.4. The zero-order valence-corrected chi connectivity index (χ0v) is 11.3. The third-order valence-electron chi connectivity index (χ3n) is 3.42. The van der Waals surface area contributed by atoms with Crippen molar-refractivity contribution in [1.82, 2.24) is 4.90 Å². The molecular formula is C15H18N2O2. The Morgan fingerprint density at radius 1 is 1.47 bits per heavy atom. The summed E-state index contributed by atoms with van der Waals surface area (Å²) in [4.78, 5) is 27.8. The molecule has 1 aliphatic heterocycles. The summed E-state index contributed by atoms with van der Waals surface area (Å²) in [6, 6.07) is 7.36. The van der Waals surface area contributed by atoms with Crippen molar-refractivity contribution in [2.45, 2.75) is 6.42 Å². The molecule has 4 heteroatoms. The molecule has 0 radical (unpaired) electrons. The molecule has 1 aromatic rings. The molecule has 1 aromatic carbocycles. The Morgan fingerprint density at radius 3 is 2.79 bits per heavy atom. The normalized spacial score (nSPS) is 18.5. The smallest absolute Gasteiger partial charge is 0.237 e. The van der Waals surface area contributed by atoms with Crippen molar-refractivity contribution in [3.05, 3.63) is 42.6 Å². The lowest BCUT2D eigenvalue weighted by atomic mass is 9.96. The van der Waals surface area contributed by atoms with Gasteiger partial charge in [-0.05, 0) is 24.8 Å². The van der Waals surface area contributed by atoms with Gasteiger partial charge in [-0.15, -0.1) is 0 Å². The third-order valence-corrected chi connectivity index (χ3v) is 3.42. The van der Waals surface area contributed by atoms with E-state index in [0.717, 1.165) is 5.69 Å². The van der Waals surface area contributed by atoms with E-state index in [1.165, 1.54) is 11.1 Å². The highest BCUT2D eigenvalue weighted by molar-refractivity contribution is 6.11. The van der Waals surface area contributed by atoms with Crippen LogP contribution >= 0.6 is 0 Å². The molecule has 0 N–H and O–H groups in total. The van der Waals surface area contributed by atoms with Crippen molar-refractivity contribution >= 4 is 17.4 Å². The van der Waals surface area contributed by atoms with Gasteiger partial charge in [-0.1, -0.05) is 18.7 Å². The van der Waals surface area contributed by atoms with Crippen molar-refractivity contribution in [2.24, 2.45) is 5.92 Å². The van der Waals surface area contributed by atoms with Crippen LogP contribution in [0.1, 0.15) is 16.8 Å². The molecule has 1 aliphatic rings. The van der Waals surface area contributed by atoms with Crippen molar-refractivity contribution in [2.75, 3.05) is 25.5 Å². The molecule has 0 bridgehead atoms. The number of benzene rings is 1. The lowest BCUT2D eigenvalue weighted by Crippen LogP contribution is -2.26. The Bertz CT molecular complexity index is 523. The summed E-state index contributed by atoms with van der Waals surface area (Å²) >= 11 is 0. The Morgan fingerprint density at radius 2 is 2.21 bits per heavy atom. The number of anilines is 1. The first kappa shape index (κ1) is 13.3. The minimum Gasteiger partial charge on any atom is -0.378 e. The Kier molecular flexibility index (Phi) is 3.69. The van der Waals surface area contributed by atoms with Crippen LogP contribution in [0.25, 0.3) is 0 Å². The molecular weight excluding hydrogens is 240 g/mol. The second-order valence-electron chi connectivity index (χ2n) is 4.86. The summed E-state index contributed by atoms with van der Waals surface area (Å²) in [5.74, 6) is -0.802. The van der Waals surface area contributed by atoms with Crippen molar-refractivity contribution in [3.8, 4) is 0 Å². The number of rotatable bonds is 4. The standard InChI is InChI=1S/C15H18N2O2/c1-4-17-9-8-13(15(17)19)14(18)11-6-5-7-12(10-11)16(2)3/h4-7,10,13H,1,8-9H2,2-3H3/t13-/m1/s1. The number of ketones is 1. The second kappa shape index (κ2) is 5.26. The molecule has 2 rings (SSSR count). The number of carbonyl (C=O) groups excluding carboxylic acids is 2. The summed E-state index contributed by atoms with van der Waals surface area (Å²) in [5.41, 5.74) is 1.55. The van der Waals surface area contributed by atoms with Crippen molar-refractivity contribution in [3.63, 3.8) is 0 Å². The summed E-state index contributed by atoms with van der Waals surface area (Å²) < 4.78 is 0. The molecule has 100 valence electrons. The van der Waals surface area contributed by atoms with Gasteiger partial charge in [-0.2, -0.15) is 0 Å². The van der Waals surface area contributed by atoms with Gasteiger partial charge in [0.15, 0.2) is 5.78 Å². The maximum atomic E-state index is 12.4. The van der Waals surface area contributed by atoms with E-state index in [2.05, 4.69) is 6.58 Å². The fourth-order valence-corrected chi connectivity index (χ4v) is 2.27. The van der Waals surface area contributed by atoms with E-state index in [-0.39, 0.29) is 11.7 Å². The van der Waals surface area contributed by atoms with Gasteiger partial charge in [0, 0.05) is 31.9 Å². The van der Waals surface area contributed by atoms with E-state index < -0.39 is 5.92 Å². The lowest BCUT2D eigenvalue weighted by Gasteiger charge is -2.14. The van der Waals surface area contributed by atoms with Crippen molar-refractivity contribution in [1.29, 1.82) is 0 Å². The highest BCUT2D eigenvalue weighted by atomic mass is 16.2. The average molecular weight is 258 g/mol. The van der Waals surface area contributed by atoms with Crippen LogP contribution in [-0.2, 0) is 4.79 Å². The zero-order chi connectivity index (χ0) is 14.0. The van der Waals surface area contributed by atoms with Crippen LogP contribution in [-0.4, -0.2) is 37.2 Å². The number of carbonyl (C=O) groups is 2. The van der Waals surface area contributed by atoms with E-state index in [9.17, 15) is 9.59 Å². The fourth-order valence-electron chi connectivity index (χ4n) is 2.27. The highest BCUT2D eigenvalue weighted by Gasteiger charge is 2.36. The van der Waals surface area contributed by atoms with Gasteiger partial charge in [0.2, 0.25) is 5.91 Å². The first-order chi connectivity index (χ1) is 9.04. The number of amides is 1. The van der Waals surface area contributed by atoms with Gasteiger partial charge in [-0.3, -0.25) is 9.59 Å². The fraction of sp³-hybridized carbons (Fsp3) is 0.333. The summed E-state index contributed by atoms with van der Waals surface area (Å²) in [6.45, 7) is 4.16. The molecule has 1 heterocycles. The van der Waals surface area contributed by atoms with E-state index >= 15 is 0 Å². The number of hydrogen-bond acceptors (Lipinski definition) is 3. The van der Waals surface area contributed by atoms with Crippen LogP contribution in [0.15, 0.2) is 37.0 Å². The molecule has 19 heavy (non-hydrogen) atoms. The van der Waals surface area contributed by atoms with Crippen LogP contribution in [0.5, 0.6) is 0 Å². The lowest BCUT2D eigenvalue weighted by molar-refractivity contribution is -0.127. The Balaban J connectivity index is 2.23. The van der Waals surface area contributed by atoms with Gasteiger partial charge in [0.25, 0.3) is 0 Å². The monoisotopic (exact) mass is 258 g/mol. The predicted octanol–water partition coefficient (Wildman–Crippen LogP) is 1.93. The van der Waals surface area contributed by atoms with Gasteiger partial charge in [0.05, 0.1) is 0 Å². The van der Waals surface area contributed by atoms with Crippen LogP contribution in [0.2, 0.25) is 0 Å². The van der Waals surface area contributed by atoms with Gasteiger partial charge < -0.3 is 9.80 Å². The largest absolute Gasteiger partial charge is 0.378 e. The highest BCUT2D eigenvalue weighted by Crippen LogP contribution is 2.24. The van der Waals surface area contributed by atoms with Crippen LogP contribution in [0.3, 0.4) is 0 Å². The first-order valence-electron chi connectivity index (χ1n) is 6.29. The van der Waals surface area contributed by atoms with E-state index in [4.69, 9.17) is 0 Å². The molecule has 0 saturated carbocycles. The van der Waals surface area contributed by atoms with Crippen LogP contribution < -0.4 is 4.90 Å². The molecule has 0 aliphatic carbocycles. The number of likely N-dealkylation sites (tertiary alicyclic amines) is 1. The van der Waals surface area contributed by atoms with Crippen molar-refractivity contribution < 1.29 is 9.59 Å².